The summed E-state index contributed by atoms with van der Waals surface area (Å²) in [6.07, 6.45) is 3.06. The Morgan fingerprint density at radius 3 is 2.95 bits per heavy atom. The number of aryl methyl sites for hydroxylation is 2. The zero-order chi connectivity index (χ0) is 15.0. The SMILES string of the molecule is Cc1cc(C)n2nc(C(=O)N3CCCCC(N)C3)cc2n1. The zero-order valence-corrected chi connectivity index (χ0v) is 12.5. The lowest BCUT2D eigenvalue weighted by Gasteiger charge is -2.21. The van der Waals surface area contributed by atoms with Gasteiger partial charge in [0.2, 0.25) is 0 Å². The van der Waals surface area contributed by atoms with Crippen LogP contribution in [0, 0.1) is 13.8 Å². The number of aromatic nitrogens is 3. The van der Waals surface area contributed by atoms with E-state index in [0.29, 0.717) is 12.2 Å². The highest BCUT2D eigenvalue weighted by molar-refractivity contribution is 5.93. The Kier molecular flexibility index (Phi) is 3.63. The molecule has 2 N–H and O–H groups in total. The smallest absolute Gasteiger partial charge is 0.274 e. The van der Waals surface area contributed by atoms with E-state index in [4.69, 9.17) is 5.73 Å². The second-order valence-electron chi connectivity index (χ2n) is 5.85. The van der Waals surface area contributed by atoms with Crippen molar-refractivity contribution in [3.05, 3.63) is 29.2 Å². The third kappa shape index (κ3) is 2.76. The molecule has 2 aromatic heterocycles. The lowest BCUT2D eigenvalue weighted by Crippen LogP contribution is -2.39. The van der Waals surface area contributed by atoms with Crippen molar-refractivity contribution < 1.29 is 4.79 Å². The first-order valence-corrected chi connectivity index (χ1v) is 7.43. The number of amides is 1. The Morgan fingerprint density at radius 2 is 2.14 bits per heavy atom. The number of hydrogen-bond acceptors (Lipinski definition) is 4. The number of likely N-dealkylation sites (tertiary alicyclic amines) is 1. The van der Waals surface area contributed by atoms with E-state index in [2.05, 4.69) is 10.1 Å². The van der Waals surface area contributed by atoms with Crippen LogP contribution in [0.2, 0.25) is 0 Å². The van der Waals surface area contributed by atoms with Gasteiger partial charge in [0.1, 0.15) is 0 Å². The first-order chi connectivity index (χ1) is 10.0. The van der Waals surface area contributed by atoms with Gasteiger partial charge in [-0.25, -0.2) is 9.50 Å². The van der Waals surface area contributed by atoms with E-state index in [1.54, 1.807) is 10.6 Å². The number of carbonyl (C=O) groups excluding carboxylic acids is 1. The Labute approximate surface area is 123 Å². The highest BCUT2D eigenvalue weighted by Gasteiger charge is 2.23. The molecule has 6 nitrogen and oxygen atoms in total. The molecule has 1 fully saturated rings. The maximum Gasteiger partial charge on any atom is 0.274 e. The van der Waals surface area contributed by atoms with Gasteiger partial charge in [-0.15, -0.1) is 0 Å². The van der Waals surface area contributed by atoms with Crippen LogP contribution in [0.15, 0.2) is 12.1 Å². The number of fused-ring (bicyclic) bond motifs is 1. The molecule has 3 heterocycles. The fraction of sp³-hybridized carbons (Fsp3) is 0.533. The fourth-order valence-electron chi connectivity index (χ4n) is 2.91. The predicted octanol–water partition coefficient (Wildman–Crippen LogP) is 1.30. The van der Waals surface area contributed by atoms with Crippen LogP contribution >= 0.6 is 0 Å². The summed E-state index contributed by atoms with van der Waals surface area (Å²) in [6, 6.07) is 3.78. The van der Waals surface area contributed by atoms with E-state index >= 15 is 0 Å². The summed E-state index contributed by atoms with van der Waals surface area (Å²) in [5, 5.41) is 4.41. The molecule has 1 unspecified atom stereocenters. The lowest BCUT2D eigenvalue weighted by atomic mass is 10.2. The van der Waals surface area contributed by atoms with Crippen LogP contribution in [0.4, 0.5) is 0 Å². The summed E-state index contributed by atoms with van der Waals surface area (Å²) in [5.41, 5.74) is 9.10. The monoisotopic (exact) mass is 287 g/mol. The summed E-state index contributed by atoms with van der Waals surface area (Å²) in [6.45, 7) is 5.27. The highest BCUT2D eigenvalue weighted by atomic mass is 16.2. The van der Waals surface area contributed by atoms with Gasteiger partial charge in [-0.05, 0) is 32.8 Å². The first kappa shape index (κ1) is 14.0. The average molecular weight is 287 g/mol. The van der Waals surface area contributed by atoms with Crippen LogP contribution < -0.4 is 5.73 Å². The predicted molar refractivity (Wildman–Crippen MR) is 80.2 cm³/mol. The normalized spacial score (nSPS) is 19.8. The van der Waals surface area contributed by atoms with Gasteiger partial charge in [0.25, 0.3) is 5.91 Å². The van der Waals surface area contributed by atoms with Crippen LogP contribution in [0.3, 0.4) is 0 Å². The van der Waals surface area contributed by atoms with Crippen LogP contribution in [0.1, 0.15) is 41.1 Å². The molecule has 0 aromatic carbocycles. The maximum atomic E-state index is 12.6. The molecule has 2 aromatic rings. The molecule has 6 heteroatoms. The van der Waals surface area contributed by atoms with Crippen LogP contribution in [0.5, 0.6) is 0 Å². The van der Waals surface area contributed by atoms with E-state index in [-0.39, 0.29) is 11.9 Å². The number of carbonyl (C=O) groups is 1. The van der Waals surface area contributed by atoms with Crippen molar-refractivity contribution in [1.82, 2.24) is 19.5 Å². The Morgan fingerprint density at radius 1 is 1.33 bits per heavy atom. The van der Waals surface area contributed by atoms with Crippen LogP contribution in [-0.4, -0.2) is 44.5 Å². The minimum atomic E-state index is -0.0464. The molecule has 1 saturated heterocycles. The van der Waals surface area contributed by atoms with Crippen molar-refractivity contribution in [2.75, 3.05) is 13.1 Å². The summed E-state index contributed by atoms with van der Waals surface area (Å²) < 4.78 is 1.72. The average Bonchev–Trinajstić information content (AvgIpc) is 2.73. The minimum absolute atomic E-state index is 0.0464. The molecule has 0 bridgehead atoms. The minimum Gasteiger partial charge on any atom is -0.336 e. The molecular weight excluding hydrogens is 266 g/mol. The van der Waals surface area contributed by atoms with E-state index in [0.717, 1.165) is 42.8 Å². The Bertz CT molecular complexity index is 678. The largest absolute Gasteiger partial charge is 0.336 e. The van der Waals surface area contributed by atoms with Gasteiger partial charge in [0.05, 0.1) is 0 Å². The third-order valence-corrected chi connectivity index (χ3v) is 3.95. The van der Waals surface area contributed by atoms with Gasteiger partial charge in [-0.1, -0.05) is 6.42 Å². The quantitative estimate of drug-likeness (QED) is 0.857. The van der Waals surface area contributed by atoms with Gasteiger partial charge < -0.3 is 10.6 Å². The molecule has 112 valence electrons. The van der Waals surface area contributed by atoms with Crippen molar-refractivity contribution in [2.24, 2.45) is 5.73 Å². The third-order valence-electron chi connectivity index (χ3n) is 3.95. The molecular formula is C15H21N5O. The molecule has 1 aliphatic heterocycles. The van der Waals surface area contributed by atoms with E-state index < -0.39 is 0 Å². The van der Waals surface area contributed by atoms with E-state index in [1.807, 2.05) is 24.8 Å². The topological polar surface area (TPSA) is 76.5 Å². The van der Waals surface area contributed by atoms with Crippen molar-refractivity contribution in [3.8, 4) is 0 Å². The van der Waals surface area contributed by atoms with Crippen LogP contribution in [-0.2, 0) is 0 Å². The van der Waals surface area contributed by atoms with Crippen LogP contribution in [0.25, 0.3) is 5.65 Å². The highest BCUT2D eigenvalue weighted by Crippen LogP contribution is 2.14. The first-order valence-electron chi connectivity index (χ1n) is 7.43. The Balaban J connectivity index is 1.92. The van der Waals surface area contributed by atoms with Crippen molar-refractivity contribution in [2.45, 2.75) is 39.2 Å². The number of hydrogen-bond donors (Lipinski definition) is 1. The van der Waals surface area contributed by atoms with Gasteiger partial charge >= 0.3 is 0 Å². The van der Waals surface area contributed by atoms with E-state index in [9.17, 15) is 4.79 Å². The molecule has 1 amide bonds. The molecule has 0 spiro atoms. The zero-order valence-electron chi connectivity index (χ0n) is 12.5. The standard InChI is InChI=1S/C15H21N5O/c1-10-7-11(2)20-14(17-10)8-13(18-20)15(21)19-6-4-3-5-12(16)9-19/h7-8,12H,3-6,9,16H2,1-2H3. The van der Waals surface area contributed by atoms with Gasteiger partial charge in [0, 0.05) is 36.6 Å². The second kappa shape index (κ2) is 5.44. The summed E-state index contributed by atoms with van der Waals surface area (Å²) >= 11 is 0. The molecule has 0 saturated carbocycles. The molecule has 21 heavy (non-hydrogen) atoms. The van der Waals surface area contributed by atoms with Crippen molar-refractivity contribution >= 4 is 11.6 Å². The number of nitrogens with two attached hydrogens (primary N) is 1. The van der Waals surface area contributed by atoms with Gasteiger partial charge in [-0.2, -0.15) is 5.10 Å². The Hall–Kier alpha value is -1.95. The molecule has 0 radical (unpaired) electrons. The molecule has 3 rings (SSSR count). The fourth-order valence-corrected chi connectivity index (χ4v) is 2.91. The molecule has 1 atom stereocenters. The second-order valence-corrected chi connectivity index (χ2v) is 5.85. The van der Waals surface area contributed by atoms with Gasteiger partial charge in [-0.3, -0.25) is 4.79 Å². The summed E-state index contributed by atoms with van der Waals surface area (Å²) in [5.74, 6) is -0.0464. The van der Waals surface area contributed by atoms with Gasteiger partial charge in [0.15, 0.2) is 11.3 Å². The number of nitrogens with zero attached hydrogens (tertiary/aromatic N) is 4. The maximum absolute atomic E-state index is 12.6. The molecule has 0 aliphatic carbocycles. The van der Waals surface area contributed by atoms with Crippen molar-refractivity contribution in [3.63, 3.8) is 0 Å². The number of rotatable bonds is 1. The molecule has 1 aliphatic rings. The summed E-state index contributed by atoms with van der Waals surface area (Å²) in [7, 11) is 0. The summed E-state index contributed by atoms with van der Waals surface area (Å²) in [4.78, 5) is 18.9. The van der Waals surface area contributed by atoms with E-state index in [1.165, 1.54) is 0 Å². The van der Waals surface area contributed by atoms with Crippen molar-refractivity contribution in [1.29, 1.82) is 0 Å². The lowest BCUT2D eigenvalue weighted by molar-refractivity contribution is 0.0749.